The van der Waals surface area contributed by atoms with Crippen molar-refractivity contribution in [3.63, 3.8) is 0 Å². The maximum atomic E-state index is 15.3. The van der Waals surface area contributed by atoms with Gasteiger partial charge in [0.05, 0.1) is 13.0 Å². The molecule has 0 saturated carbocycles. The van der Waals surface area contributed by atoms with Gasteiger partial charge in [0, 0.05) is 30.3 Å². The van der Waals surface area contributed by atoms with Crippen LogP contribution in [0.1, 0.15) is 79.5 Å². The van der Waals surface area contributed by atoms with E-state index in [9.17, 15) is 9.90 Å². The molecule has 0 radical (unpaired) electrons. The van der Waals surface area contributed by atoms with E-state index < -0.39 is 5.97 Å². The Hall–Kier alpha value is -2.82. The van der Waals surface area contributed by atoms with Crippen LogP contribution in [0, 0.1) is 32.0 Å². The number of benzene rings is 2. The third-order valence-electron chi connectivity index (χ3n) is 9.06. The van der Waals surface area contributed by atoms with Crippen molar-refractivity contribution in [3.8, 4) is 16.9 Å². The first-order valence-electron chi connectivity index (χ1n) is 13.1. The highest BCUT2D eigenvalue weighted by Gasteiger charge is 2.35. The standard InChI is InChI=1S/C31H40FNO3/c1-9-31(7,8)21(6)33-16-26-20(5)29(25(15-28(34)35)19(4)23(26)13-17(33)2)24-14-27(32)30-22(18(24)3)11-10-12-36-30/h14,21H,2,9-13,15-16H2,1,3-8H3,(H,34,35). The maximum absolute atomic E-state index is 15.3. The molecule has 4 nitrogen and oxygen atoms in total. The quantitative estimate of drug-likeness (QED) is 0.468. The number of hydrogen-bond acceptors (Lipinski definition) is 3. The molecule has 2 heterocycles. The van der Waals surface area contributed by atoms with Crippen molar-refractivity contribution in [3.05, 3.63) is 63.1 Å². The van der Waals surface area contributed by atoms with E-state index in [1.165, 1.54) is 11.1 Å². The van der Waals surface area contributed by atoms with Crippen LogP contribution >= 0.6 is 0 Å². The number of carbonyl (C=O) groups is 1. The number of allylic oxidation sites excluding steroid dienone is 1. The van der Waals surface area contributed by atoms with Crippen LogP contribution in [0.5, 0.6) is 5.75 Å². The lowest BCUT2D eigenvalue weighted by Crippen LogP contribution is -2.44. The van der Waals surface area contributed by atoms with Gasteiger partial charge in [-0.05, 0) is 103 Å². The van der Waals surface area contributed by atoms with Crippen molar-refractivity contribution in [2.75, 3.05) is 6.61 Å². The minimum Gasteiger partial charge on any atom is -0.490 e. The van der Waals surface area contributed by atoms with E-state index in [0.717, 1.165) is 70.4 Å². The second-order valence-corrected chi connectivity index (χ2v) is 11.3. The Balaban J connectivity index is 1.96. The van der Waals surface area contributed by atoms with Crippen LogP contribution in [0.3, 0.4) is 0 Å². The smallest absolute Gasteiger partial charge is 0.307 e. The summed E-state index contributed by atoms with van der Waals surface area (Å²) >= 11 is 0. The molecule has 2 aromatic carbocycles. The van der Waals surface area contributed by atoms with Crippen LogP contribution in [0.4, 0.5) is 4.39 Å². The number of rotatable bonds is 6. The number of fused-ring (bicyclic) bond motifs is 2. The van der Waals surface area contributed by atoms with Gasteiger partial charge in [-0.2, -0.15) is 0 Å². The van der Waals surface area contributed by atoms with Gasteiger partial charge in [-0.15, -0.1) is 0 Å². The van der Waals surface area contributed by atoms with E-state index in [2.05, 4.69) is 46.1 Å². The Bertz CT molecular complexity index is 1240. The van der Waals surface area contributed by atoms with Gasteiger partial charge in [0.25, 0.3) is 0 Å². The topological polar surface area (TPSA) is 49.8 Å². The van der Waals surface area contributed by atoms with Gasteiger partial charge in [-0.3, -0.25) is 4.79 Å². The molecule has 0 bridgehead atoms. The van der Waals surface area contributed by atoms with Gasteiger partial charge in [-0.1, -0.05) is 27.4 Å². The van der Waals surface area contributed by atoms with Crippen LogP contribution in [0.15, 0.2) is 18.3 Å². The third kappa shape index (κ3) is 4.31. The van der Waals surface area contributed by atoms with Crippen molar-refractivity contribution in [1.82, 2.24) is 4.90 Å². The lowest BCUT2D eigenvalue weighted by atomic mass is 9.77. The van der Waals surface area contributed by atoms with E-state index in [0.29, 0.717) is 24.8 Å². The maximum Gasteiger partial charge on any atom is 0.307 e. The summed E-state index contributed by atoms with van der Waals surface area (Å²) in [4.78, 5) is 14.4. The van der Waals surface area contributed by atoms with Crippen molar-refractivity contribution in [1.29, 1.82) is 0 Å². The van der Waals surface area contributed by atoms with Crippen molar-refractivity contribution in [2.45, 2.75) is 93.2 Å². The van der Waals surface area contributed by atoms with Crippen LogP contribution in [0.25, 0.3) is 11.1 Å². The zero-order valence-electron chi connectivity index (χ0n) is 22.9. The molecule has 0 aliphatic carbocycles. The Morgan fingerprint density at radius 2 is 1.89 bits per heavy atom. The summed E-state index contributed by atoms with van der Waals surface area (Å²) in [7, 11) is 0. The number of hydrogen-bond donors (Lipinski definition) is 1. The van der Waals surface area contributed by atoms with E-state index in [1.54, 1.807) is 6.07 Å². The molecule has 4 rings (SSSR count). The summed E-state index contributed by atoms with van der Waals surface area (Å²) in [5.74, 6) is -0.893. The third-order valence-corrected chi connectivity index (χ3v) is 9.06. The molecule has 0 saturated heterocycles. The molecule has 2 aromatic rings. The Morgan fingerprint density at radius 1 is 1.19 bits per heavy atom. The lowest BCUT2D eigenvalue weighted by Gasteiger charge is -2.45. The fraction of sp³-hybridized carbons (Fsp3) is 0.516. The summed E-state index contributed by atoms with van der Waals surface area (Å²) in [6.45, 7) is 20.9. The van der Waals surface area contributed by atoms with E-state index in [1.807, 2.05) is 13.8 Å². The number of halogens is 1. The van der Waals surface area contributed by atoms with Crippen LogP contribution < -0.4 is 4.74 Å². The molecule has 5 heteroatoms. The van der Waals surface area contributed by atoms with Crippen molar-refractivity contribution in [2.24, 2.45) is 5.41 Å². The zero-order chi connectivity index (χ0) is 26.5. The Morgan fingerprint density at radius 3 is 2.53 bits per heavy atom. The molecule has 2 aliphatic heterocycles. The number of carboxylic acids is 1. The minimum absolute atomic E-state index is 0.0978. The number of carboxylic acid groups (broad SMARTS) is 1. The molecule has 0 amide bonds. The summed E-state index contributed by atoms with van der Waals surface area (Å²) < 4.78 is 21.0. The van der Waals surface area contributed by atoms with Crippen molar-refractivity contribution >= 4 is 5.97 Å². The number of nitrogens with zero attached hydrogens (tertiary/aromatic N) is 1. The van der Waals surface area contributed by atoms with Gasteiger partial charge in [0.2, 0.25) is 0 Å². The first-order valence-corrected chi connectivity index (χ1v) is 13.1. The molecular weight excluding hydrogens is 453 g/mol. The normalized spacial score (nSPS) is 16.3. The highest BCUT2D eigenvalue weighted by molar-refractivity contribution is 5.83. The van der Waals surface area contributed by atoms with E-state index in [4.69, 9.17) is 4.74 Å². The average Bonchev–Trinajstić information content (AvgIpc) is 2.84. The van der Waals surface area contributed by atoms with E-state index in [-0.39, 0.29) is 17.7 Å². The second-order valence-electron chi connectivity index (χ2n) is 11.3. The number of aliphatic carboxylic acids is 1. The Kier molecular flexibility index (Phi) is 6.98. The first kappa shape index (κ1) is 26.2. The highest BCUT2D eigenvalue weighted by Crippen LogP contribution is 2.45. The monoisotopic (exact) mass is 493 g/mol. The largest absolute Gasteiger partial charge is 0.490 e. The summed E-state index contributed by atoms with van der Waals surface area (Å²) in [5.41, 5.74) is 9.94. The number of ether oxygens (including phenoxy) is 1. The first-order chi connectivity index (χ1) is 16.9. The lowest BCUT2D eigenvalue weighted by molar-refractivity contribution is -0.136. The second kappa shape index (κ2) is 9.57. The predicted molar refractivity (Wildman–Crippen MR) is 143 cm³/mol. The average molecular weight is 494 g/mol. The molecule has 2 aliphatic rings. The van der Waals surface area contributed by atoms with Gasteiger partial charge in [-0.25, -0.2) is 4.39 Å². The van der Waals surface area contributed by atoms with E-state index >= 15 is 4.39 Å². The zero-order valence-corrected chi connectivity index (χ0v) is 22.9. The molecule has 194 valence electrons. The fourth-order valence-corrected chi connectivity index (χ4v) is 6.02. The van der Waals surface area contributed by atoms with Crippen LogP contribution in [-0.4, -0.2) is 28.6 Å². The molecule has 1 N–H and O–H groups in total. The molecular formula is C31H40FNO3. The van der Waals surface area contributed by atoms with Gasteiger partial charge in [0.1, 0.15) is 0 Å². The molecule has 1 atom stereocenters. The van der Waals surface area contributed by atoms with Crippen LogP contribution in [0.2, 0.25) is 0 Å². The van der Waals surface area contributed by atoms with Crippen LogP contribution in [-0.2, 0) is 30.6 Å². The molecule has 0 aromatic heterocycles. The minimum atomic E-state index is -0.882. The van der Waals surface area contributed by atoms with Gasteiger partial charge >= 0.3 is 5.97 Å². The molecule has 0 fully saturated rings. The molecule has 36 heavy (non-hydrogen) atoms. The predicted octanol–water partition coefficient (Wildman–Crippen LogP) is 7.07. The summed E-state index contributed by atoms with van der Waals surface area (Å²) in [5, 5.41) is 9.84. The molecule has 1 unspecified atom stereocenters. The SMILES string of the molecule is C=C1Cc2c(C)c(CC(=O)O)c(-c3cc(F)c4c(c3C)CCCO4)c(C)c2CN1C(C)C(C)(C)CC. The summed E-state index contributed by atoms with van der Waals surface area (Å²) in [6.07, 6.45) is 3.27. The summed E-state index contributed by atoms with van der Waals surface area (Å²) in [6, 6.07) is 1.85. The van der Waals surface area contributed by atoms with Crippen molar-refractivity contribution < 1.29 is 19.0 Å². The van der Waals surface area contributed by atoms with Gasteiger partial charge in [0.15, 0.2) is 11.6 Å². The highest BCUT2D eigenvalue weighted by atomic mass is 19.1. The fourth-order valence-electron chi connectivity index (χ4n) is 6.02. The Labute approximate surface area is 215 Å². The van der Waals surface area contributed by atoms with Gasteiger partial charge < -0.3 is 14.7 Å². The molecule has 0 spiro atoms.